The lowest BCUT2D eigenvalue weighted by Crippen LogP contribution is -2.53. The Morgan fingerprint density at radius 2 is 1.54 bits per heavy atom. The van der Waals surface area contributed by atoms with Crippen LogP contribution in [0.1, 0.15) is 50.3 Å². The lowest BCUT2D eigenvalue weighted by Gasteiger charge is -2.34. The molecule has 1 N–H and O–H groups in total. The van der Waals surface area contributed by atoms with Crippen LogP contribution in [0.25, 0.3) is 0 Å². The monoisotopic (exact) mass is 579 g/mol. The zero-order chi connectivity index (χ0) is 30.2. The smallest absolute Gasteiger partial charge is 0.264 e. The Balaban J connectivity index is 2.07. The molecule has 0 saturated carbocycles. The molecule has 3 rings (SSSR count). The van der Waals surface area contributed by atoms with Crippen LogP contribution in [0.2, 0.25) is 0 Å². The predicted octanol–water partition coefficient (Wildman–Crippen LogP) is 5.23. The normalized spacial score (nSPS) is 12.7. The van der Waals surface area contributed by atoms with Gasteiger partial charge in [-0.25, -0.2) is 8.42 Å². The Hall–Kier alpha value is -3.85. The molecule has 0 aliphatic carbocycles. The number of hydrogen-bond acceptors (Lipinski definition) is 5. The van der Waals surface area contributed by atoms with E-state index >= 15 is 0 Å². The molecule has 2 atom stereocenters. The number of nitrogens with one attached hydrogen (secondary N) is 1. The Kier molecular flexibility index (Phi) is 10.9. The Morgan fingerprint density at radius 3 is 2.10 bits per heavy atom. The van der Waals surface area contributed by atoms with Gasteiger partial charge in [-0.2, -0.15) is 0 Å². The fourth-order valence-corrected chi connectivity index (χ4v) is 5.86. The molecule has 0 fully saturated rings. The summed E-state index contributed by atoms with van der Waals surface area (Å²) in [4.78, 5) is 29.1. The molecule has 0 bridgehead atoms. The number of methoxy groups -OCH3 is 1. The minimum atomic E-state index is -4.13. The zero-order valence-corrected chi connectivity index (χ0v) is 25.6. The summed E-state index contributed by atoms with van der Waals surface area (Å²) in [5, 5.41) is 3.00. The number of aryl methyl sites for hydroxylation is 2. The van der Waals surface area contributed by atoms with Crippen LogP contribution in [0.4, 0.5) is 5.69 Å². The largest absolute Gasteiger partial charge is 0.497 e. The molecular formula is C32H41N3O5S. The quantitative estimate of drug-likeness (QED) is 0.299. The van der Waals surface area contributed by atoms with Gasteiger partial charge < -0.3 is 15.0 Å². The summed E-state index contributed by atoms with van der Waals surface area (Å²) >= 11 is 0. The van der Waals surface area contributed by atoms with E-state index in [1.54, 1.807) is 36.4 Å². The number of amides is 2. The number of nitrogens with zero attached hydrogens (tertiary/aromatic N) is 2. The molecule has 8 nitrogen and oxygen atoms in total. The van der Waals surface area contributed by atoms with Gasteiger partial charge in [0, 0.05) is 12.6 Å². The lowest BCUT2D eigenvalue weighted by atomic mass is 10.1. The predicted molar refractivity (Wildman–Crippen MR) is 162 cm³/mol. The van der Waals surface area contributed by atoms with Crippen molar-refractivity contribution in [1.29, 1.82) is 0 Å². The number of carbonyl (C=O) groups is 2. The van der Waals surface area contributed by atoms with Gasteiger partial charge in [0.2, 0.25) is 11.8 Å². The minimum absolute atomic E-state index is 0.0651. The highest BCUT2D eigenvalue weighted by Gasteiger charge is 2.34. The standard InChI is InChI=1S/C32H41N3O5S/c1-7-25(5)33-32(37)30(8-2)34(21-26-12-10-9-11-24(26)4)31(36)22-35(27-15-17-28(40-6)18-16-27)41(38,39)29-19-13-23(3)14-20-29/h9-20,25,30H,7-8,21-22H2,1-6H3,(H,33,37). The van der Waals surface area contributed by atoms with Crippen molar-refractivity contribution in [3.05, 3.63) is 89.5 Å². The fourth-order valence-electron chi connectivity index (χ4n) is 4.45. The number of anilines is 1. The van der Waals surface area contributed by atoms with E-state index in [0.717, 1.165) is 27.4 Å². The zero-order valence-electron chi connectivity index (χ0n) is 24.8. The van der Waals surface area contributed by atoms with Gasteiger partial charge in [-0.1, -0.05) is 55.8 Å². The highest BCUT2D eigenvalue weighted by atomic mass is 32.2. The van der Waals surface area contributed by atoms with Gasteiger partial charge in [0.15, 0.2) is 0 Å². The average molecular weight is 580 g/mol. The first-order chi connectivity index (χ1) is 19.5. The highest BCUT2D eigenvalue weighted by molar-refractivity contribution is 7.92. The van der Waals surface area contributed by atoms with Crippen molar-refractivity contribution in [1.82, 2.24) is 10.2 Å². The van der Waals surface area contributed by atoms with Crippen molar-refractivity contribution in [3.8, 4) is 5.75 Å². The minimum Gasteiger partial charge on any atom is -0.497 e. The van der Waals surface area contributed by atoms with Crippen LogP contribution < -0.4 is 14.4 Å². The third kappa shape index (κ3) is 7.88. The van der Waals surface area contributed by atoms with Crippen LogP contribution >= 0.6 is 0 Å². The van der Waals surface area contributed by atoms with Crippen LogP contribution in [0.15, 0.2) is 77.7 Å². The van der Waals surface area contributed by atoms with E-state index in [1.807, 2.05) is 58.9 Å². The molecule has 2 amide bonds. The molecule has 0 spiro atoms. The van der Waals surface area contributed by atoms with Crippen molar-refractivity contribution in [2.75, 3.05) is 18.0 Å². The first-order valence-corrected chi connectivity index (χ1v) is 15.3. The van der Waals surface area contributed by atoms with E-state index in [1.165, 1.54) is 24.1 Å². The highest BCUT2D eigenvalue weighted by Crippen LogP contribution is 2.27. The average Bonchev–Trinajstić information content (AvgIpc) is 2.96. The number of sulfonamides is 1. The second-order valence-electron chi connectivity index (χ2n) is 10.2. The number of hydrogen-bond donors (Lipinski definition) is 1. The van der Waals surface area contributed by atoms with Crippen LogP contribution in [-0.4, -0.2) is 50.9 Å². The van der Waals surface area contributed by atoms with Gasteiger partial charge in [0.05, 0.1) is 17.7 Å². The van der Waals surface area contributed by atoms with Crippen molar-refractivity contribution >= 4 is 27.5 Å². The molecule has 3 aromatic rings. The van der Waals surface area contributed by atoms with E-state index in [9.17, 15) is 18.0 Å². The molecule has 41 heavy (non-hydrogen) atoms. The van der Waals surface area contributed by atoms with E-state index in [-0.39, 0.29) is 23.4 Å². The van der Waals surface area contributed by atoms with Crippen LogP contribution in [0.3, 0.4) is 0 Å². The first-order valence-electron chi connectivity index (χ1n) is 13.9. The maximum absolute atomic E-state index is 14.2. The summed E-state index contributed by atoms with van der Waals surface area (Å²) in [5.74, 6) is -0.186. The molecule has 9 heteroatoms. The van der Waals surface area contributed by atoms with Crippen molar-refractivity contribution in [2.45, 2.75) is 71.0 Å². The van der Waals surface area contributed by atoms with Crippen molar-refractivity contribution in [2.24, 2.45) is 0 Å². The number of carbonyl (C=O) groups excluding carboxylic acids is 2. The summed E-state index contributed by atoms with van der Waals surface area (Å²) < 4.78 is 34.3. The Morgan fingerprint density at radius 1 is 0.902 bits per heavy atom. The Bertz CT molecular complexity index is 1420. The maximum atomic E-state index is 14.2. The van der Waals surface area contributed by atoms with Crippen molar-refractivity contribution < 1.29 is 22.7 Å². The first kappa shape index (κ1) is 31.7. The molecule has 0 saturated heterocycles. The summed E-state index contributed by atoms with van der Waals surface area (Å²) in [6.07, 6.45) is 1.11. The Labute approximate surface area is 244 Å². The molecule has 0 heterocycles. The number of benzene rings is 3. The van der Waals surface area contributed by atoms with E-state index in [0.29, 0.717) is 17.9 Å². The summed E-state index contributed by atoms with van der Waals surface area (Å²) in [5.41, 5.74) is 3.08. The summed E-state index contributed by atoms with van der Waals surface area (Å²) in [7, 11) is -2.61. The molecule has 0 radical (unpaired) electrons. The summed E-state index contributed by atoms with van der Waals surface area (Å²) in [6, 6.07) is 19.8. The van der Waals surface area contributed by atoms with Crippen LogP contribution in [0, 0.1) is 13.8 Å². The third-order valence-corrected chi connectivity index (χ3v) is 9.03. The topological polar surface area (TPSA) is 96.0 Å². The SMILES string of the molecule is CCC(C)NC(=O)C(CC)N(Cc1ccccc1C)C(=O)CN(c1ccc(OC)cc1)S(=O)(=O)c1ccc(C)cc1. The fraction of sp³-hybridized carbons (Fsp3) is 0.375. The lowest BCUT2D eigenvalue weighted by molar-refractivity contribution is -0.140. The molecule has 0 aliphatic rings. The summed E-state index contributed by atoms with van der Waals surface area (Å²) in [6.45, 7) is 9.25. The molecule has 0 aromatic heterocycles. The third-order valence-electron chi connectivity index (χ3n) is 7.24. The van der Waals surface area contributed by atoms with Gasteiger partial charge in [0.1, 0.15) is 18.3 Å². The van der Waals surface area contributed by atoms with Crippen LogP contribution in [0.5, 0.6) is 5.75 Å². The molecular weight excluding hydrogens is 538 g/mol. The van der Waals surface area contributed by atoms with E-state index < -0.39 is 28.5 Å². The number of rotatable bonds is 13. The van der Waals surface area contributed by atoms with Gasteiger partial charge in [-0.3, -0.25) is 13.9 Å². The van der Waals surface area contributed by atoms with Crippen LogP contribution in [-0.2, 0) is 26.2 Å². The van der Waals surface area contributed by atoms with E-state index in [4.69, 9.17) is 4.74 Å². The van der Waals surface area contributed by atoms with E-state index in [2.05, 4.69) is 5.32 Å². The molecule has 0 aliphatic heterocycles. The molecule has 220 valence electrons. The number of ether oxygens (including phenoxy) is 1. The van der Waals surface area contributed by atoms with Crippen molar-refractivity contribution in [3.63, 3.8) is 0 Å². The molecule has 3 aromatic carbocycles. The van der Waals surface area contributed by atoms with Gasteiger partial charge in [0.25, 0.3) is 10.0 Å². The van der Waals surface area contributed by atoms with Gasteiger partial charge >= 0.3 is 0 Å². The second-order valence-corrected chi connectivity index (χ2v) is 12.1. The maximum Gasteiger partial charge on any atom is 0.264 e. The van der Waals surface area contributed by atoms with Gasteiger partial charge in [-0.05, 0) is 81.1 Å². The second kappa shape index (κ2) is 14.2. The molecule has 2 unspecified atom stereocenters. The van der Waals surface area contributed by atoms with Gasteiger partial charge in [-0.15, -0.1) is 0 Å².